The topological polar surface area (TPSA) is 29.5 Å². The molecule has 0 saturated heterocycles. The van der Waals surface area contributed by atoms with Gasteiger partial charge in [0.1, 0.15) is 5.82 Å². The van der Waals surface area contributed by atoms with Crippen molar-refractivity contribution in [2.75, 3.05) is 13.7 Å². The molecule has 2 nitrogen and oxygen atoms in total. The maximum absolute atomic E-state index is 13.7. The van der Waals surface area contributed by atoms with Crippen LogP contribution in [0.25, 0.3) is 0 Å². The van der Waals surface area contributed by atoms with E-state index in [9.17, 15) is 9.50 Å². The number of methoxy groups -OCH3 is 1. The van der Waals surface area contributed by atoms with E-state index >= 15 is 0 Å². The molecule has 0 radical (unpaired) electrons. The third-order valence-corrected chi connectivity index (χ3v) is 3.23. The maximum Gasteiger partial charge on any atom is 0.143 e. The molecule has 0 aliphatic rings. The molecule has 0 spiro atoms. The Morgan fingerprint density at radius 2 is 2.19 bits per heavy atom. The van der Waals surface area contributed by atoms with Crippen molar-refractivity contribution in [3.63, 3.8) is 0 Å². The van der Waals surface area contributed by atoms with E-state index < -0.39 is 6.10 Å². The van der Waals surface area contributed by atoms with E-state index in [4.69, 9.17) is 4.74 Å². The minimum atomic E-state index is -0.798. The Balaban J connectivity index is 2.79. The van der Waals surface area contributed by atoms with Crippen LogP contribution in [0.4, 0.5) is 4.39 Å². The van der Waals surface area contributed by atoms with Gasteiger partial charge in [0.15, 0.2) is 0 Å². The number of aliphatic hydroxyl groups excluding tert-OH is 1. The molecule has 1 N–H and O–H groups in total. The van der Waals surface area contributed by atoms with Crippen LogP contribution in [0.1, 0.15) is 25.0 Å². The molecule has 0 amide bonds. The fraction of sp³-hybridized carbons (Fsp3) is 0.500. The molecule has 0 saturated carbocycles. The summed E-state index contributed by atoms with van der Waals surface area (Å²) >= 11 is 3.11. The van der Waals surface area contributed by atoms with E-state index in [-0.39, 0.29) is 11.7 Å². The van der Waals surface area contributed by atoms with Gasteiger partial charge >= 0.3 is 0 Å². The average molecular weight is 291 g/mol. The van der Waals surface area contributed by atoms with Crippen molar-refractivity contribution in [1.82, 2.24) is 0 Å². The highest BCUT2D eigenvalue weighted by atomic mass is 79.9. The largest absolute Gasteiger partial charge is 0.388 e. The number of benzene rings is 1. The molecule has 2 atom stereocenters. The molecule has 0 aliphatic carbocycles. The Bertz CT molecular complexity index is 344. The van der Waals surface area contributed by atoms with Gasteiger partial charge in [0.05, 0.1) is 10.6 Å². The minimum absolute atomic E-state index is 0.0382. The first-order valence-electron chi connectivity index (χ1n) is 5.18. The number of aliphatic hydroxyl groups is 1. The highest BCUT2D eigenvalue weighted by molar-refractivity contribution is 9.10. The molecule has 0 bridgehead atoms. The summed E-state index contributed by atoms with van der Waals surface area (Å²) in [5.41, 5.74) is 0.331. The molecular weight excluding hydrogens is 275 g/mol. The molecule has 16 heavy (non-hydrogen) atoms. The van der Waals surface area contributed by atoms with Crippen molar-refractivity contribution < 1.29 is 14.2 Å². The predicted molar refractivity (Wildman–Crippen MR) is 64.7 cm³/mol. The predicted octanol–water partition coefficient (Wildman–Crippen LogP) is 3.29. The second kappa shape index (κ2) is 6.33. The number of ether oxygens (including phenoxy) is 1. The zero-order chi connectivity index (χ0) is 12.1. The van der Waals surface area contributed by atoms with Crippen LogP contribution in [0.15, 0.2) is 22.7 Å². The van der Waals surface area contributed by atoms with Gasteiger partial charge in [-0.15, -0.1) is 0 Å². The van der Waals surface area contributed by atoms with Gasteiger partial charge in [0.2, 0.25) is 0 Å². The van der Waals surface area contributed by atoms with Gasteiger partial charge in [-0.3, -0.25) is 0 Å². The molecule has 0 aliphatic heterocycles. The summed E-state index contributed by atoms with van der Waals surface area (Å²) in [5.74, 6) is -0.428. The van der Waals surface area contributed by atoms with Crippen molar-refractivity contribution in [2.45, 2.75) is 19.4 Å². The number of halogens is 2. The summed E-state index contributed by atoms with van der Waals surface area (Å²) in [4.78, 5) is 0. The second-order valence-electron chi connectivity index (χ2n) is 3.85. The van der Waals surface area contributed by atoms with Crippen LogP contribution in [0.3, 0.4) is 0 Å². The maximum atomic E-state index is 13.7. The van der Waals surface area contributed by atoms with Gasteiger partial charge in [-0.1, -0.05) is 19.1 Å². The molecule has 2 unspecified atom stereocenters. The first-order chi connectivity index (χ1) is 7.57. The quantitative estimate of drug-likeness (QED) is 0.902. The van der Waals surface area contributed by atoms with E-state index in [0.717, 1.165) is 0 Å². The summed E-state index contributed by atoms with van der Waals surface area (Å²) in [6.45, 7) is 2.44. The normalized spacial score (nSPS) is 14.8. The summed E-state index contributed by atoms with van der Waals surface area (Å²) < 4.78 is 19.0. The Labute approximate surface area is 104 Å². The zero-order valence-corrected chi connectivity index (χ0v) is 11.0. The van der Waals surface area contributed by atoms with Gasteiger partial charge in [0, 0.05) is 19.3 Å². The van der Waals surface area contributed by atoms with Crippen LogP contribution in [0.2, 0.25) is 0 Å². The van der Waals surface area contributed by atoms with Crippen molar-refractivity contribution in [3.8, 4) is 0 Å². The molecule has 4 heteroatoms. The van der Waals surface area contributed by atoms with Gasteiger partial charge in [-0.05, 0) is 34.3 Å². The monoisotopic (exact) mass is 290 g/mol. The molecule has 90 valence electrons. The Morgan fingerprint density at radius 1 is 1.50 bits per heavy atom. The van der Waals surface area contributed by atoms with E-state index in [1.54, 1.807) is 25.3 Å². The first kappa shape index (κ1) is 13.6. The van der Waals surface area contributed by atoms with Crippen molar-refractivity contribution in [2.24, 2.45) is 5.92 Å². The third-order valence-electron chi connectivity index (χ3n) is 2.62. The lowest BCUT2D eigenvalue weighted by molar-refractivity contribution is 0.0857. The fourth-order valence-corrected chi connectivity index (χ4v) is 1.90. The lowest BCUT2D eigenvalue weighted by Gasteiger charge is -2.19. The van der Waals surface area contributed by atoms with Crippen LogP contribution >= 0.6 is 15.9 Å². The molecule has 0 aromatic heterocycles. The van der Waals surface area contributed by atoms with E-state index in [1.807, 2.05) is 6.92 Å². The Kier molecular flexibility index (Phi) is 5.38. The molecule has 1 aromatic carbocycles. The summed E-state index contributed by atoms with van der Waals surface area (Å²) in [7, 11) is 1.61. The standard InChI is InChI=1S/C12H16BrFO2/c1-8(6-7-16-2)12(15)9-4-3-5-10(13)11(9)14/h3-5,8,12,15H,6-7H2,1-2H3. The molecule has 1 rings (SSSR count). The van der Waals surface area contributed by atoms with Gasteiger partial charge < -0.3 is 9.84 Å². The minimum Gasteiger partial charge on any atom is -0.388 e. The van der Waals surface area contributed by atoms with Gasteiger partial charge in [0.25, 0.3) is 0 Å². The van der Waals surface area contributed by atoms with Gasteiger partial charge in [-0.25, -0.2) is 4.39 Å². The molecule has 0 heterocycles. The fourth-order valence-electron chi connectivity index (χ4n) is 1.52. The number of hydrogen-bond donors (Lipinski definition) is 1. The lowest BCUT2D eigenvalue weighted by Crippen LogP contribution is -2.13. The van der Waals surface area contributed by atoms with Crippen LogP contribution in [0.5, 0.6) is 0 Å². The van der Waals surface area contributed by atoms with E-state index in [1.165, 1.54) is 0 Å². The first-order valence-corrected chi connectivity index (χ1v) is 5.98. The second-order valence-corrected chi connectivity index (χ2v) is 4.70. The third kappa shape index (κ3) is 3.27. The number of rotatable bonds is 5. The van der Waals surface area contributed by atoms with Crippen molar-refractivity contribution in [3.05, 3.63) is 34.1 Å². The molecule has 1 aromatic rings. The smallest absolute Gasteiger partial charge is 0.143 e. The van der Waals surface area contributed by atoms with Crippen LogP contribution < -0.4 is 0 Å². The summed E-state index contributed by atoms with van der Waals surface area (Å²) in [6.07, 6.45) is -0.100. The van der Waals surface area contributed by atoms with E-state index in [2.05, 4.69) is 15.9 Å². The average Bonchev–Trinajstić information content (AvgIpc) is 2.28. The van der Waals surface area contributed by atoms with Crippen molar-refractivity contribution >= 4 is 15.9 Å². The van der Waals surface area contributed by atoms with Crippen LogP contribution in [-0.4, -0.2) is 18.8 Å². The molecule has 0 fully saturated rings. The lowest BCUT2D eigenvalue weighted by atomic mass is 9.94. The summed E-state index contributed by atoms with van der Waals surface area (Å²) in [5, 5.41) is 10.0. The van der Waals surface area contributed by atoms with E-state index in [0.29, 0.717) is 23.1 Å². The summed E-state index contributed by atoms with van der Waals surface area (Å²) in [6, 6.07) is 4.94. The van der Waals surface area contributed by atoms with Crippen molar-refractivity contribution in [1.29, 1.82) is 0 Å². The van der Waals surface area contributed by atoms with Crippen LogP contribution in [-0.2, 0) is 4.74 Å². The SMILES string of the molecule is COCCC(C)C(O)c1cccc(Br)c1F. The number of hydrogen-bond acceptors (Lipinski definition) is 2. The Morgan fingerprint density at radius 3 is 2.81 bits per heavy atom. The zero-order valence-electron chi connectivity index (χ0n) is 9.41. The van der Waals surface area contributed by atoms with Gasteiger partial charge in [-0.2, -0.15) is 0 Å². The highest BCUT2D eigenvalue weighted by Gasteiger charge is 2.20. The highest BCUT2D eigenvalue weighted by Crippen LogP contribution is 2.29. The van der Waals surface area contributed by atoms with Crippen LogP contribution in [0, 0.1) is 11.7 Å². The molecular formula is C12H16BrFO2. The Hall–Kier alpha value is -0.450.